The fourth-order valence-corrected chi connectivity index (χ4v) is 12.5. The van der Waals surface area contributed by atoms with Crippen molar-refractivity contribution in [3.8, 4) is 0 Å². The first-order valence-electron chi connectivity index (χ1n) is 30.9. The molecule has 0 radical (unpaired) electrons. The lowest BCUT2D eigenvalue weighted by atomic mass is 9.88. The van der Waals surface area contributed by atoms with Gasteiger partial charge in [0, 0.05) is 33.6 Å². The number of nitrogens with one attached hydrogen (secondary N) is 3. The Bertz CT molecular complexity index is 2640. The summed E-state index contributed by atoms with van der Waals surface area (Å²) in [6, 6.07) is -5.76. The highest BCUT2D eigenvalue weighted by molar-refractivity contribution is 5.77. The second kappa shape index (κ2) is 34.7. The molecule has 99 heavy (non-hydrogen) atoms. The third-order valence-electron chi connectivity index (χ3n) is 17.7. The summed E-state index contributed by atoms with van der Waals surface area (Å²) < 4.78 is 74.7. The predicted molar refractivity (Wildman–Crippen MR) is 301 cm³/mol. The molecule has 3 amide bonds. The molecule has 7 rings (SSSR count). The number of aliphatic carboxylic acids is 2. The second-order valence-corrected chi connectivity index (χ2v) is 24.7. The fourth-order valence-electron chi connectivity index (χ4n) is 12.5. The number of carboxylic acids is 2. The van der Waals surface area contributed by atoms with E-state index in [1.54, 1.807) is 0 Å². The minimum atomic E-state index is -3.38. The standard InChI is InChI=1S/C54H89N3O42/c1-13(64)55-25-16(67)4-53(51(83)84,97-42(25)28(71)18(69)6-58)87-12-24-32(75)41(95-50-38(81)45(31(74)21(9-61)90-50)99-54(52(85)86)5-17(68)26(56-14(2)65)43(98-54)29(72)19(70)7-59)27(57-15(3)66)47(92-24)96-44-30(73)20(8-60)89-49(37(44)80)94-40-23(11-63)91-48(36(79)34(40)77)93-39-22(10-62)88-46(82)35(78)33(39)76/h16-50,58-63,67-82H,4-12H2,1-3H3,(H,55,64)(H,56,65)(H,57,66)(H,83,84)(H,85,86)/t16-,17-,18+,19+,20+,21+,22+,23+,24+,25+,26+,27+,28+,29+,30-,31-,32-,33+,34+,35-,36+,37+,38+,39+,40-,41+,42+,43+,44-,45-,46?,47-,48-,49+,50-,53+,54-/m0/s1. The Morgan fingerprint density at radius 1 is 0.414 bits per heavy atom. The van der Waals surface area contributed by atoms with Gasteiger partial charge in [0.15, 0.2) is 31.5 Å². The summed E-state index contributed by atoms with van der Waals surface area (Å²) in [4.78, 5) is 64.6. The number of rotatable bonds is 28. The van der Waals surface area contributed by atoms with Crippen LogP contribution in [0.3, 0.4) is 0 Å². The average molecular weight is 1450 g/mol. The molecule has 7 fully saturated rings. The molecule has 0 saturated carbocycles. The highest BCUT2D eigenvalue weighted by Crippen LogP contribution is 2.42. The van der Waals surface area contributed by atoms with E-state index in [1.807, 2.05) is 0 Å². The van der Waals surface area contributed by atoms with Gasteiger partial charge in [-0.05, 0) is 0 Å². The van der Waals surface area contributed by atoms with Gasteiger partial charge in [-0.1, -0.05) is 0 Å². The van der Waals surface area contributed by atoms with Crippen LogP contribution in [0.15, 0.2) is 0 Å². The average Bonchev–Trinajstić information content (AvgIpc) is 0.773. The van der Waals surface area contributed by atoms with Crippen LogP contribution < -0.4 is 16.0 Å². The SMILES string of the molecule is CC(=O)N[C@H]1[C@H](O[C@H]2[C@@H](O)[C@@H](CO)O[C@H](O[C@@H]3[C@H](O)[C@@H](O)[C@H](O[C@H]4[C@H](O)[C@H](O)C(O)O[C@@H]4CO)O[C@@H]3CO)[C@@H]2O)O[C@H](CO[C@]2(C(=O)O)C[C@H](O)[C@@H](NC(C)=O)[C@H]([C@H](O)[C@H](O)CO)O2)[C@H](O)[C@@H]1O[C@@H]1O[C@H](CO)[C@H](O)[C@H](O[C@]2(C(=O)O)C[C@H](O)[C@@H](NC(C)=O)[C@H]([C@H](O)[C@H](O)CO)O2)[C@H]1O. The Hall–Kier alpha value is -4.05. The molecule has 572 valence electrons. The second-order valence-electron chi connectivity index (χ2n) is 24.7. The van der Waals surface area contributed by atoms with Crippen molar-refractivity contribution in [2.24, 2.45) is 0 Å². The highest BCUT2D eigenvalue weighted by Gasteiger charge is 2.63. The van der Waals surface area contributed by atoms with E-state index in [0.717, 1.165) is 20.8 Å². The van der Waals surface area contributed by atoms with Crippen molar-refractivity contribution in [1.29, 1.82) is 0 Å². The van der Waals surface area contributed by atoms with Crippen LogP contribution in [0, 0.1) is 0 Å². The minimum Gasteiger partial charge on any atom is -0.477 e. The van der Waals surface area contributed by atoms with Gasteiger partial charge in [0.05, 0.1) is 70.5 Å². The van der Waals surface area contributed by atoms with Gasteiger partial charge in [0.1, 0.15) is 159 Å². The molecule has 0 aromatic heterocycles. The van der Waals surface area contributed by atoms with E-state index in [2.05, 4.69) is 16.0 Å². The molecule has 45 heteroatoms. The van der Waals surface area contributed by atoms with E-state index < -0.39 is 315 Å². The summed E-state index contributed by atoms with van der Waals surface area (Å²) in [6.07, 6.45) is -73.7. The summed E-state index contributed by atoms with van der Waals surface area (Å²) in [5.74, 6) is -13.9. The Kier molecular flexibility index (Phi) is 28.8. The fraction of sp³-hybridized carbons (Fsp3) is 0.907. The molecule has 0 aromatic rings. The monoisotopic (exact) mass is 1450 g/mol. The van der Waals surface area contributed by atoms with Crippen molar-refractivity contribution in [2.75, 3.05) is 46.2 Å². The van der Waals surface area contributed by atoms with Crippen LogP contribution in [0.5, 0.6) is 0 Å². The number of amides is 3. The molecule has 7 saturated heterocycles. The molecule has 1 unspecified atom stereocenters. The van der Waals surface area contributed by atoms with Crippen molar-refractivity contribution in [3.63, 3.8) is 0 Å². The first-order chi connectivity index (χ1) is 46.5. The molecule has 0 aromatic carbocycles. The number of hydrogen-bond donors (Lipinski definition) is 27. The molecule has 45 nitrogen and oxygen atoms in total. The first kappa shape index (κ1) is 82.2. The molecule has 27 N–H and O–H groups in total. The number of aliphatic hydroxyl groups excluding tert-OH is 22. The van der Waals surface area contributed by atoms with Crippen LogP contribution in [0.25, 0.3) is 0 Å². The molecule has 7 aliphatic rings. The number of aliphatic hydroxyl groups is 22. The van der Waals surface area contributed by atoms with Gasteiger partial charge >= 0.3 is 11.9 Å². The largest absolute Gasteiger partial charge is 0.477 e. The van der Waals surface area contributed by atoms with Crippen LogP contribution in [-0.2, 0) is 85.6 Å². The summed E-state index contributed by atoms with van der Waals surface area (Å²) in [5.41, 5.74) is 0. The van der Waals surface area contributed by atoms with Crippen LogP contribution in [0.4, 0.5) is 0 Å². The van der Waals surface area contributed by atoms with Crippen molar-refractivity contribution >= 4 is 29.7 Å². The zero-order valence-corrected chi connectivity index (χ0v) is 52.7. The van der Waals surface area contributed by atoms with Gasteiger partial charge in [0.2, 0.25) is 17.7 Å². The van der Waals surface area contributed by atoms with E-state index >= 15 is 0 Å². The zero-order chi connectivity index (χ0) is 73.8. The first-order valence-corrected chi connectivity index (χ1v) is 30.9. The van der Waals surface area contributed by atoms with Crippen LogP contribution >= 0.6 is 0 Å². The molecule has 0 spiro atoms. The van der Waals surface area contributed by atoms with E-state index in [9.17, 15) is 147 Å². The third-order valence-corrected chi connectivity index (χ3v) is 17.7. The van der Waals surface area contributed by atoms with Crippen molar-refractivity contribution in [2.45, 2.75) is 260 Å². The Balaban J connectivity index is 1.26. The van der Waals surface area contributed by atoms with Crippen LogP contribution in [-0.4, -0.2) is 424 Å². The van der Waals surface area contributed by atoms with E-state index in [4.69, 9.17) is 61.6 Å². The number of carbonyl (C=O) groups excluding carboxylic acids is 3. The van der Waals surface area contributed by atoms with Crippen LogP contribution in [0.1, 0.15) is 33.6 Å². The maximum Gasteiger partial charge on any atom is 0.364 e. The topological polar surface area (TPSA) is 727 Å². The maximum atomic E-state index is 13.4. The zero-order valence-electron chi connectivity index (χ0n) is 52.7. The molecular formula is C54H89N3O42. The predicted octanol–water partition coefficient (Wildman–Crippen LogP) is -17.4. The van der Waals surface area contributed by atoms with Crippen LogP contribution in [0.2, 0.25) is 0 Å². The lowest BCUT2D eigenvalue weighted by Crippen LogP contribution is -2.72. The summed E-state index contributed by atoms with van der Waals surface area (Å²) in [6.45, 7) is -5.78. The Morgan fingerprint density at radius 2 is 0.778 bits per heavy atom. The Labute approximate surface area is 558 Å². The number of carbonyl (C=O) groups is 5. The van der Waals surface area contributed by atoms with Gasteiger partial charge in [-0.25, -0.2) is 9.59 Å². The summed E-state index contributed by atoms with van der Waals surface area (Å²) in [5, 5.41) is 269. The van der Waals surface area contributed by atoms with Gasteiger partial charge in [-0.3, -0.25) is 14.4 Å². The lowest BCUT2D eigenvalue weighted by molar-refractivity contribution is -0.394. The highest BCUT2D eigenvalue weighted by atomic mass is 16.8. The van der Waals surface area contributed by atoms with Crippen molar-refractivity contribution in [1.82, 2.24) is 16.0 Å². The smallest absolute Gasteiger partial charge is 0.364 e. The minimum absolute atomic E-state index is 0.829. The van der Waals surface area contributed by atoms with E-state index in [-0.39, 0.29) is 0 Å². The number of hydrogen-bond acceptors (Lipinski definition) is 40. The van der Waals surface area contributed by atoms with E-state index in [1.165, 1.54) is 0 Å². The molecule has 0 aliphatic carbocycles. The van der Waals surface area contributed by atoms with Crippen molar-refractivity contribution < 1.29 is 208 Å². The number of carboxylic acid groups (broad SMARTS) is 2. The number of ether oxygens (including phenoxy) is 13. The van der Waals surface area contributed by atoms with Crippen molar-refractivity contribution in [3.05, 3.63) is 0 Å². The normalized spacial score (nSPS) is 45.7. The summed E-state index contributed by atoms with van der Waals surface area (Å²) in [7, 11) is 0. The molecule has 7 aliphatic heterocycles. The van der Waals surface area contributed by atoms with Gasteiger partial charge in [-0.15, -0.1) is 0 Å². The molecule has 37 atom stereocenters. The van der Waals surface area contributed by atoms with Gasteiger partial charge < -0.3 is 200 Å². The molecule has 0 bridgehead atoms. The molecular weight excluding hydrogens is 1360 g/mol. The van der Waals surface area contributed by atoms with E-state index in [0.29, 0.717) is 0 Å². The summed E-state index contributed by atoms with van der Waals surface area (Å²) >= 11 is 0. The maximum absolute atomic E-state index is 13.4. The van der Waals surface area contributed by atoms with Gasteiger partial charge in [0.25, 0.3) is 11.6 Å². The van der Waals surface area contributed by atoms with Gasteiger partial charge in [-0.2, -0.15) is 0 Å². The third kappa shape index (κ3) is 17.9. The molecule has 7 heterocycles. The quantitative estimate of drug-likeness (QED) is 0.0346. The lowest BCUT2D eigenvalue weighted by Gasteiger charge is -2.52. The Morgan fingerprint density at radius 3 is 1.23 bits per heavy atom.